The Bertz CT molecular complexity index is 561. The summed E-state index contributed by atoms with van der Waals surface area (Å²) in [6, 6.07) is 16.0. The summed E-state index contributed by atoms with van der Waals surface area (Å²) in [5.74, 6) is 0.841. The van der Waals surface area contributed by atoms with Gasteiger partial charge in [-0.2, -0.15) is 0 Å². The summed E-state index contributed by atoms with van der Waals surface area (Å²) in [4.78, 5) is 5.30. The molecule has 0 aliphatic heterocycles. The number of aryl methyl sites for hydroxylation is 1. The Morgan fingerprint density at radius 1 is 1.05 bits per heavy atom. The lowest BCUT2D eigenvalue weighted by atomic mass is 10.1. The Morgan fingerprint density at radius 3 is 2.55 bits per heavy atom. The van der Waals surface area contributed by atoms with Gasteiger partial charge in [-0.05, 0) is 35.2 Å². The van der Waals surface area contributed by atoms with Crippen LogP contribution in [0.2, 0.25) is 0 Å². The molecule has 0 N–H and O–H groups in total. The van der Waals surface area contributed by atoms with Crippen molar-refractivity contribution < 1.29 is 9.57 Å². The van der Waals surface area contributed by atoms with E-state index in [1.54, 1.807) is 13.3 Å². The lowest BCUT2D eigenvalue weighted by Crippen LogP contribution is -1.90. The van der Waals surface area contributed by atoms with Gasteiger partial charge in [0.25, 0.3) is 0 Å². The van der Waals surface area contributed by atoms with Crippen molar-refractivity contribution in [1.29, 1.82) is 0 Å². The molecule has 0 unspecified atom stereocenters. The molecule has 0 bridgehead atoms. The van der Waals surface area contributed by atoms with Gasteiger partial charge in [0.1, 0.15) is 12.4 Å². The zero-order valence-electron chi connectivity index (χ0n) is 11.9. The van der Waals surface area contributed by atoms with Crippen LogP contribution < -0.4 is 4.74 Å². The first-order chi connectivity index (χ1) is 9.81. The van der Waals surface area contributed by atoms with Gasteiger partial charge in [0.05, 0.1) is 13.3 Å². The number of ether oxygens (including phenoxy) is 1. The molecule has 0 aliphatic carbocycles. The summed E-state index contributed by atoms with van der Waals surface area (Å²) in [5.41, 5.74) is 3.41. The summed E-state index contributed by atoms with van der Waals surface area (Å²) in [6.45, 7) is 2.59. The average Bonchev–Trinajstić information content (AvgIpc) is 2.52. The number of methoxy groups -OCH3 is 1. The number of oxime groups is 1. The minimum absolute atomic E-state index is 0.452. The van der Waals surface area contributed by atoms with Gasteiger partial charge in [-0.25, -0.2) is 0 Å². The van der Waals surface area contributed by atoms with Crippen LogP contribution in [-0.4, -0.2) is 13.3 Å². The van der Waals surface area contributed by atoms with Crippen LogP contribution in [0.4, 0.5) is 0 Å². The van der Waals surface area contributed by atoms with Gasteiger partial charge < -0.3 is 9.57 Å². The third-order valence-electron chi connectivity index (χ3n) is 3.03. The second kappa shape index (κ2) is 7.34. The van der Waals surface area contributed by atoms with Crippen LogP contribution in [0.1, 0.15) is 23.6 Å². The molecule has 104 valence electrons. The molecular formula is C17H19NO2. The molecule has 2 aromatic carbocycles. The molecule has 2 aromatic rings. The maximum atomic E-state index is 5.30. The van der Waals surface area contributed by atoms with E-state index in [1.807, 2.05) is 36.4 Å². The van der Waals surface area contributed by atoms with Crippen LogP contribution in [0.3, 0.4) is 0 Å². The standard InChI is InChI=1S/C17H19NO2/c1-3-14-5-4-6-16(11-14)12-18-20-13-15-7-9-17(19-2)10-8-15/h4-12H,3,13H2,1-2H3. The van der Waals surface area contributed by atoms with Crippen molar-refractivity contribution in [1.82, 2.24) is 0 Å². The number of hydrogen-bond donors (Lipinski definition) is 0. The van der Waals surface area contributed by atoms with Crippen LogP contribution in [0.15, 0.2) is 53.7 Å². The van der Waals surface area contributed by atoms with Gasteiger partial charge in [0, 0.05) is 0 Å². The Balaban J connectivity index is 1.86. The minimum atomic E-state index is 0.452. The highest BCUT2D eigenvalue weighted by molar-refractivity contribution is 5.79. The van der Waals surface area contributed by atoms with Gasteiger partial charge in [-0.15, -0.1) is 0 Å². The zero-order chi connectivity index (χ0) is 14.2. The van der Waals surface area contributed by atoms with Gasteiger partial charge in [0.15, 0.2) is 0 Å². The van der Waals surface area contributed by atoms with Crippen molar-refractivity contribution in [3.8, 4) is 5.75 Å². The predicted octanol–water partition coefficient (Wildman–Crippen LogP) is 3.81. The van der Waals surface area contributed by atoms with Gasteiger partial charge in [-0.1, -0.05) is 48.5 Å². The Kier molecular flexibility index (Phi) is 5.18. The molecular weight excluding hydrogens is 250 g/mol. The molecule has 0 aliphatic rings. The molecule has 2 rings (SSSR count). The molecule has 0 saturated heterocycles. The minimum Gasteiger partial charge on any atom is -0.497 e. The van der Waals surface area contributed by atoms with E-state index in [4.69, 9.17) is 9.57 Å². The summed E-state index contributed by atoms with van der Waals surface area (Å²) in [6.07, 6.45) is 2.76. The number of rotatable bonds is 6. The lowest BCUT2D eigenvalue weighted by Gasteiger charge is -2.02. The molecule has 0 radical (unpaired) electrons. The second-order valence-electron chi connectivity index (χ2n) is 4.45. The van der Waals surface area contributed by atoms with Crippen LogP contribution in [0, 0.1) is 0 Å². The first kappa shape index (κ1) is 14.1. The van der Waals surface area contributed by atoms with E-state index in [0.717, 1.165) is 23.3 Å². The molecule has 0 heterocycles. The third kappa shape index (κ3) is 4.12. The van der Waals surface area contributed by atoms with Crippen molar-refractivity contribution in [3.05, 3.63) is 65.2 Å². The van der Waals surface area contributed by atoms with Crippen molar-refractivity contribution in [2.75, 3.05) is 7.11 Å². The first-order valence-corrected chi connectivity index (χ1v) is 6.69. The maximum absolute atomic E-state index is 5.30. The van der Waals surface area contributed by atoms with Crippen LogP contribution in [-0.2, 0) is 17.9 Å². The van der Waals surface area contributed by atoms with E-state index in [9.17, 15) is 0 Å². The smallest absolute Gasteiger partial charge is 0.142 e. The van der Waals surface area contributed by atoms with Crippen molar-refractivity contribution in [2.24, 2.45) is 5.16 Å². The third-order valence-corrected chi connectivity index (χ3v) is 3.03. The van der Waals surface area contributed by atoms with Gasteiger partial charge in [-0.3, -0.25) is 0 Å². The highest BCUT2D eigenvalue weighted by Gasteiger charge is 1.95. The molecule has 0 fully saturated rings. The molecule has 0 saturated carbocycles. The Morgan fingerprint density at radius 2 is 1.85 bits per heavy atom. The SMILES string of the molecule is CCc1cccc(C=NOCc2ccc(OC)cc2)c1. The van der Waals surface area contributed by atoms with E-state index in [1.165, 1.54) is 5.56 Å². The van der Waals surface area contributed by atoms with Gasteiger partial charge in [0.2, 0.25) is 0 Å². The highest BCUT2D eigenvalue weighted by Crippen LogP contribution is 2.12. The topological polar surface area (TPSA) is 30.8 Å². The van der Waals surface area contributed by atoms with Gasteiger partial charge >= 0.3 is 0 Å². The monoisotopic (exact) mass is 269 g/mol. The zero-order valence-corrected chi connectivity index (χ0v) is 11.9. The Hall–Kier alpha value is -2.29. The average molecular weight is 269 g/mol. The largest absolute Gasteiger partial charge is 0.497 e. The lowest BCUT2D eigenvalue weighted by molar-refractivity contribution is 0.132. The van der Waals surface area contributed by atoms with E-state index in [-0.39, 0.29) is 0 Å². The fourth-order valence-electron chi connectivity index (χ4n) is 1.83. The summed E-state index contributed by atoms with van der Waals surface area (Å²) >= 11 is 0. The summed E-state index contributed by atoms with van der Waals surface area (Å²) in [5, 5.41) is 4.00. The summed E-state index contributed by atoms with van der Waals surface area (Å²) in [7, 11) is 1.65. The maximum Gasteiger partial charge on any atom is 0.142 e. The van der Waals surface area contributed by atoms with Crippen LogP contribution in [0.25, 0.3) is 0 Å². The van der Waals surface area contributed by atoms with E-state index >= 15 is 0 Å². The number of benzene rings is 2. The second-order valence-corrected chi connectivity index (χ2v) is 4.45. The van der Waals surface area contributed by atoms with Crippen LogP contribution in [0.5, 0.6) is 5.75 Å². The molecule has 0 amide bonds. The molecule has 20 heavy (non-hydrogen) atoms. The molecule has 0 aromatic heterocycles. The van der Waals surface area contributed by atoms with Crippen molar-refractivity contribution >= 4 is 6.21 Å². The fourth-order valence-corrected chi connectivity index (χ4v) is 1.83. The van der Waals surface area contributed by atoms with Crippen LogP contribution >= 0.6 is 0 Å². The van der Waals surface area contributed by atoms with Crippen molar-refractivity contribution in [3.63, 3.8) is 0 Å². The molecule has 0 atom stereocenters. The molecule has 0 spiro atoms. The predicted molar refractivity (Wildman–Crippen MR) is 81.2 cm³/mol. The summed E-state index contributed by atoms with van der Waals surface area (Å²) < 4.78 is 5.10. The van der Waals surface area contributed by atoms with E-state index in [2.05, 4.69) is 24.2 Å². The normalized spacial score (nSPS) is 10.7. The van der Waals surface area contributed by atoms with E-state index < -0.39 is 0 Å². The number of hydrogen-bond acceptors (Lipinski definition) is 3. The van der Waals surface area contributed by atoms with E-state index in [0.29, 0.717) is 6.61 Å². The number of nitrogens with zero attached hydrogens (tertiary/aromatic N) is 1. The first-order valence-electron chi connectivity index (χ1n) is 6.69. The quantitative estimate of drug-likeness (QED) is 0.590. The highest BCUT2D eigenvalue weighted by atomic mass is 16.6. The molecule has 3 heteroatoms. The fraction of sp³-hybridized carbons (Fsp3) is 0.235. The Labute approximate surface area is 119 Å². The molecule has 3 nitrogen and oxygen atoms in total. The van der Waals surface area contributed by atoms with Crippen molar-refractivity contribution in [2.45, 2.75) is 20.0 Å².